The predicted molar refractivity (Wildman–Crippen MR) is 125 cm³/mol. The number of nitrogens with zero attached hydrogens (tertiary/aromatic N) is 1. The minimum Gasteiger partial charge on any atom is -0.272 e. The van der Waals surface area contributed by atoms with Crippen LogP contribution in [0, 0.1) is 0 Å². The summed E-state index contributed by atoms with van der Waals surface area (Å²) in [7, 11) is -1.12. The van der Waals surface area contributed by atoms with Gasteiger partial charge in [-0.3, -0.25) is 4.74 Å². The van der Waals surface area contributed by atoms with Crippen molar-refractivity contribution in [2.75, 3.05) is 18.5 Å². The molecule has 0 aliphatic heterocycles. The molecule has 27 heavy (non-hydrogen) atoms. The maximum absolute atomic E-state index is 5.43. The van der Waals surface area contributed by atoms with Crippen molar-refractivity contribution in [2.24, 2.45) is 4.74 Å². The van der Waals surface area contributed by atoms with Crippen LogP contribution in [-0.4, -0.2) is 18.5 Å². The van der Waals surface area contributed by atoms with E-state index >= 15 is 0 Å². The van der Waals surface area contributed by atoms with Crippen LogP contribution in [0.15, 0.2) is 54.0 Å². The van der Waals surface area contributed by atoms with Crippen LogP contribution in [0.25, 0.3) is 0 Å². The molecule has 1 aliphatic rings. The monoisotopic (exact) mass is 425 g/mol. The molecular weight excluding hydrogens is 381 g/mol. The molecule has 0 radical (unpaired) electrons. The first-order chi connectivity index (χ1) is 12.7. The van der Waals surface area contributed by atoms with Gasteiger partial charge in [-0.2, -0.15) is 0 Å². The third-order valence-electron chi connectivity index (χ3n) is 4.79. The van der Waals surface area contributed by atoms with E-state index in [1.807, 2.05) is 0 Å². The number of allylic oxidation sites excluding steroid dienone is 5. The quantitative estimate of drug-likeness (QED) is 0.114. The number of rotatable bonds is 14. The summed E-state index contributed by atoms with van der Waals surface area (Å²) in [6.45, 7) is 13.7. The maximum atomic E-state index is 5.43. The molecular formula is C24H44NPTi. The van der Waals surface area contributed by atoms with Gasteiger partial charge in [-0.1, -0.05) is 96.8 Å². The third-order valence-corrected chi connectivity index (χ3v) is 8.92. The number of hydrogen-bond acceptors (Lipinski definition) is 1. The van der Waals surface area contributed by atoms with Crippen LogP contribution >= 0.6 is 7.05 Å². The number of unbranched alkanes of at least 4 members (excludes halogenated alkanes) is 6. The van der Waals surface area contributed by atoms with E-state index in [4.69, 9.17) is 4.74 Å². The van der Waals surface area contributed by atoms with E-state index in [2.05, 4.69) is 52.2 Å². The van der Waals surface area contributed by atoms with E-state index in [-0.39, 0.29) is 21.7 Å². The average molecular weight is 425 g/mol. The second kappa shape index (κ2) is 20.6. The minimum atomic E-state index is -1.12. The first kappa shape index (κ1) is 29.1. The van der Waals surface area contributed by atoms with E-state index in [1.54, 1.807) is 12.2 Å². The molecule has 0 bridgehead atoms. The standard InChI is InChI=1S/C20H38NP.C4H6.Ti/c1-4-7-12-17-22(18-13-8-5-2,19-14-9-6-3)21-20-15-10-11-16-20;1-3-4-2;/h10-11,15H,4-9,12-14,16-19H2,1-3H3;3-4H,1-2H2;. The van der Waals surface area contributed by atoms with Crippen molar-refractivity contribution in [1.29, 1.82) is 0 Å². The molecule has 0 aromatic heterocycles. The summed E-state index contributed by atoms with van der Waals surface area (Å²) in [4.78, 5) is 0. The average Bonchev–Trinajstić information content (AvgIpc) is 3.15. The fourth-order valence-corrected chi connectivity index (χ4v) is 7.34. The Labute approximate surface area is 185 Å². The van der Waals surface area contributed by atoms with Gasteiger partial charge in [0.1, 0.15) is 0 Å². The zero-order valence-electron chi connectivity index (χ0n) is 18.4. The normalized spacial score (nSPS) is 12.5. The summed E-state index contributed by atoms with van der Waals surface area (Å²) < 4.78 is 5.43. The van der Waals surface area contributed by atoms with Gasteiger partial charge in [0, 0.05) is 33.8 Å². The van der Waals surface area contributed by atoms with Gasteiger partial charge < -0.3 is 0 Å². The predicted octanol–water partition coefficient (Wildman–Crippen LogP) is 8.96. The number of hydrogen-bond donors (Lipinski definition) is 0. The van der Waals surface area contributed by atoms with Gasteiger partial charge in [-0.25, -0.2) is 0 Å². The topological polar surface area (TPSA) is 12.4 Å². The first-order valence-electron chi connectivity index (χ1n) is 10.9. The van der Waals surface area contributed by atoms with Crippen LogP contribution in [0.2, 0.25) is 0 Å². The van der Waals surface area contributed by atoms with Crippen LogP contribution in [0.3, 0.4) is 0 Å². The smallest absolute Gasteiger partial charge is 0.0425 e. The van der Waals surface area contributed by atoms with Gasteiger partial charge in [0.15, 0.2) is 0 Å². The molecule has 0 fully saturated rings. The van der Waals surface area contributed by atoms with Gasteiger partial charge in [0.2, 0.25) is 0 Å². The van der Waals surface area contributed by atoms with E-state index in [1.165, 1.54) is 82.0 Å². The Morgan fingerprint density at radius 3 is 1.59 bits per heavy atom. The Kier molecular flexibility index (Phi) is 22.2. The van der Waals surface area contributed by atoms with Crippen molar-refractivity contribution >= 4 is 7.05 Å². The van der Waals surface area contributed by atoms with E-state index < -0.39 is 7.05 Å². The third kappa shape index (κ3) is 15.5. The minimum absolute atomic E-state index is 0. The second-order valence-electron chi connectivity index (χ2n) is 7.25. The molecule has 1 nitrogen and oxygen atoms in total. The fourth-order valence-electron chi connectivity index (χ4n) is 3.24. The zero-order chi connectivity index (χ0) is 19.5. The fraction of sp³-hybridized carbons (Fsp3) is 0.667. The van der Waals surface area contributed by atoms with Crippen molar-refractivity contribution in [2.45, 2.75) is 85.0 Å². The summed E-state index contributed by atoms with van der Waals surface area (Å²) in [5, 5.41) is 0. The summed E-state index contributed by atoms with van der Waals surface area (Å²) in [6, 6.07) is 0. The van der Waals surface area contributed by atoms with E-state index in [0.29, 0.717) is 0 Å². The van der Waals surface area contributed by atoms with E-state index in [9.17, 15) is 0 Å². The van der Waals surface area contributed by atoms with E-state index in [0.717, 1.165) is 6.42 Å². The van der Waals surface area contributed by atoms with Crippen LogP contribution in [0.4, 0.5) is 0 Å². The van der Waals surface area contributed by atoms with Crippen LogP contribution in [-0.2, 0) is 21.7 Å². The first-order valence-corrected chi connectivity index (χ1v) is 13.2. The van der Waals surface area contributed by atoms with Crippen LogP contribution < -0.4 is 0 Å². The summed E-state index contributed by atoms with van der Waals surface area (Å²) in [5.41, 5.74) is 1.37. The van der Waals surface area contributed by atoms with Crippen molar-refractivity contribution in [3.05, 3.63) is 49.2 Å². The molecule has 0 saturated heterocycles. The Balaban J connectivity index is 0. The van der Waals surface area contributed by atoms with Gasteiger partial charge in [-0.15, -0.1) is 0 Å². The summed E-state index contributed by atoms with van der Waals surface area (Å²) in [5.74, 6) is 0. The molecule has 0 unspecified atom stereocenters. The molecule has 0 aromatic rings. The van der Waals surface area contributed by atoms with Crippen molar-refractivity contribution in [3.8, 4) is 0 Å². The zero-order valence-corrected chi connectivity index (χ0v) is 20.8. The van der Waals surface area contributed by atoms with Gasteiger partial charge in [0.25, 0.3) is 0 Å². The van der Waals surface area contributed by atoms with Crippen molar-refractivity contribution in [1.82, 2.24) is 0 Å². The maximum Gasteiger partial charge on any atom is 0.0425 e. The Bertz CT molecular complexity index is 437. The molecule has 0 amide bonds. The van der Waals surface area contributed by atoms with Crippen LogP contribution in [0.5, 0.6) is 0 Å². The van der Waals surface area contributed by atoms with Crippen molar-refractivity contribution in [3.63, 3.8) is 0 Å². The second-order valence-corrected chi connectivity index (χ2v) is 11.0. The van der Waals surface area contributed by atoms with Crippen LogP contribution in [0.1, 0.15) is 85.0 Å². The van der Waals surface area contributed by atoms with Gasteiger partial charge in [0.05, 0.1) is 0 Å². The summed E-state index contributed by atoms with van der Waals surface area (Å²) in [6.07, 6.45) is 27.6. The van der Waals surface area contributed by atoms with Crippen molar-refractivity contribution < 1.29 is 21.7 Å². The molecule has 0 saturated carbocycles. The molecule has 0 atom stereocenters. The molecule has 0 aromatic carbocycles. The molecule has 0 heterocycles. The molecule has 0 spiro atoms. The Hall–Kier alpha value is -0.0957. The molecule has 1 rings (SSSR count). The molecule has 154 valence electrons. The summed E-state index contributed by atoms with van der Waals surface area (Å²) >= 11 is 0. The Morgan fingerprint density at radius 1 is 0.852 bits per heavy atom. The van der Waals surface area contributed by atoms with Gasteiger partial charge >= 0.3 is 0 Å². The van der Waals surface area contributed by atoms with Gasteiger partial charge in [-0.05, 0) is 50.9 Å². The molecule has 1 aliphatic carbocycles. The molecule has 0 N–H and O–H groups in total. The largest absolute Gasteiger partial charge is 0.272 e. The molecule has 3 heteroatoms. The SMILES string of the molecule is C=CC=C.CCCCCP(CCCCC)(CCCCC)=NC1=CC=CC1.[Ti]. The Morgan fingerprint density at radius 2 is 1.30 bits per heavy atom.